The molecule has 2 rings (SSSR count). The topological polar surface area (TPSA) is 43.1 Å². The van der Waals surface area contributed by atoms with Crippen LogP contribution < -0.4 is 0 Å². The van der Waals surface area contributed by atoms with E-state index in [1.807, 2.05) is 0 Å². The lowest BCUT2D eigenvalue weighted by Crippen LogP contribution is -2.07. The van der Waals surface area contributed by atoms with E-state index in [0.717, 1.165) is 6.42 Å². The minimum Gasteiger partial charge on any atom is -0.361 e. The van der Waals surface area contributed by atoms with Gasteiger partial charge in [0.2, 0.25) is 0 Å². The lowest BCUT2D eigenvalue weighted by atomic mass is 9.99. The summed E-state index contributed by atoms with van der Waals surface area (Å²) in [6, 6.07) is 1.76. The first-order valence-electron chi connectivity index (χ1n) is 5.26. The molecular weight excluding hydrogens is 178 g/mol. The molecule has 0 spiro atoms. The second-order valence-electron chi connectivity index (χ2n) is 4.05. The van der Waals surface area contributed by atoms with Crippen LogP contribution in [0.25, 0.3) is 0 Å². The molecule has 1 aromatic heterocycles. The Morgan fingerprint density at radius 3 is 2.93 bits per heavy atom. The monoisotopic (exact) mass is 193 g/mol. The van der Waals surface area contributed by atoms with E-state index in [1.165, 1.54) is 25.7 Å². The van der Waals surface area contributed by atoms with Gasteiger partial charge >= 0.3 is 0 Å². The fourth-order valence-corrected chi connectivity index (χ4v) is 2.14. The van der Waals surface area contributed by atoms with Gasteiger partial charge in [-0.2, -0.15) is 0 Å². The van der Waals surface area contributed by atoms with Crippen molar-refractivity contribution in [3.05, 3.63) is 18.0 Å². The van der Waals surface area contributed by atoms with E-state index in [1.54, 1.807) is 12.3 Å². The summed E-state index contributed by atoms with van der Waals surface area (Å²) in [5.74, 6) is 1.60. The Balaban J connectivity index is 1.78. The second kappa shape index (κ2) is 4.40. The van der Waals surface area contributed by atoms with Gasteiger partial charge in [-0.3, -0.25) is 4.79 Å². The Bertz CT molecular complexity index is 286. The Hall–Kier alpha value is -1.12. The number of aromatic nitrogens is 1. The fraction of sp³-hybridized carbons (Fsp3) is 0.636. The predicted octanol–water partition coefficient (Wildman–Crippen LogP) is 2.37. The van der Waals surface area contributed by atoms with E-state index < -0.39 is 0 Å². The van der Waals surface area contributed by atoms with Crippen LogP contribution in [-0.2, 0) is 11.2 Å². The van der Waals surface area contributed by atoms with Crippen molar-refractivity contribution in [3.8, 4) is 0 Å². The maximum absolute atomic E-state index is 11.6. The normalized spacial score (nSPS) is 17.4. The summed E-state index contributed by atoms with van der Waals surface area (Å²) in [4.78, 5) is 11.6. The van der Waals surface area contributed by atoms with Crippen LogP contribution in [0.2, 0.25) is 0 Å². The number of rotatable bonds is 4. The lowest BCUT2D eigenvalue weighted by Gasteiger charge is -2.05. The molecule has 0 amide bonds. The van der Waals surface area contributed by atoms with Gasteiger partial charge in [0.05, 0.1) is 12.6 Å². The third kappa shape index (κ3) is 2.44. The molecule has 0 saturated heterocycles. The lowest BCUT2D eigenvalue weighted by molar-refractivity contribution is -0.119. The summed E-state index contributed by atoms with van der Waals surface area (Å²) >= 11 is 0. The van der Waals surface area contributed by atoms with Crippen LogP contribution in [0.4, 0.5) is 0 Å². The first-order valence-corrected chi connectivity index (χ1v) is 5.26. The van der Waals surface area contributed by atoms with Gasteiger partial charge in [-0.1, -0.05) is 30.8 Å². The van der Waals surface area contributed by atoms with Crippen LogP contribution in [0.1, 0.15) is 37.9 Å². The number of Topliss-reactive ketones (excluding diaryl/α,β-unsaturated/α-hetero) is 1. The van der Waals surface area contributed by atoms with Crippen molar-refractivity contribution in [1.82, 2.24) is 5.16 Å². The van der Waals surface area contributed by atoms with E-state index >= 15 is 0 Å². The molecule has 1 aromatic rings. The molecule has 1 fully saturated rings. The molecule has 0 aliphatic heterocycles. The maximum atomic E-state index is 11.6. The van der Waals surface area contributed by atoms with Gasteiger partial charge in [0.1, 0.15) is 11.5 Å². The Labute approximate surface area is 83.5 Å². The summed E-state index contributed by atoms with van der Waals surface area (Å²) < 4.78 is 4.90. The fourth-order valence-electron chi connectivity index (χ4n) is 2.14. The van der Waals surface area contributed by atoms with Gasteiger partial charge in [-0.25, -0.2) is 0 Å². The van der Waals surface area contributed by atoms with Gasteiger partial charge < -0.3 is 4.52 Å². The molecule has 3 nitrogen and oxygen atoms in total. The summed E-state index contributed by atoms with van der Waals surface area (Å²) in [6.07, 6.45) is 7.75. The summed E-state index contributed by atoms with van der Waals surface area (Å²) in [5.41, 5.74) is 0. The molecular formula is C11H15NO2. The van der Waals surface area contributed by atoms with Gasteiger partial charge in [0.25, 0.3) is 0 Å². The highest BCUT2D eigenvalue weighted by Gasteiger charge is 2.18. The highest BCUT2D eigenvalue weighted by molar-refractivity contribution is 5.80. The largest absolute Gasteiger partial charge is 0.361 e. The third-order valence-electron chi connectivity index (χ3n) is 2.85. The smallest absolute Gasteiger partial charge is 0.144 e. The van der Waals surface area contributed by atoms with Crippen molar-refractivity contribution in [2.75, 3.05) is 0 Å². The van der Waals surface area contributed by atoms with Crippen LogP contribution >= 0.6 is 0 Å². The van der Waals surface area contributed by atoms with Gasteiger partial charge in [-0.15, -0.1) is 0 Å². The van der Waals surface area contributed by atoms with Crippen LogP contribution in [0, 0.1) is 5.92 Å². The Morgan fingerprint density at radius 1 is 1.50 bits per heavy atom. The van der Waals surface area contributed by atoms with Gasteiger partial charge in [-0.05, 0) is 5.92 Å². The molecule has 76 valence electrons. The molecule has 1 saturated carbocycles. The third-order valence-corrected chi connectivity index (χ3v) is 2.85. The van der Waals surface area contributed by atoms with Crippen molar-refractivity contribution in [1.29, 1.82) is 0 Å². The zero-order chi connectivity index (χ0) is 9.80. The number of hydrogen-bond acceptors (Lipinski definition) is 3. The molecule has 0 radical (unpaired) electrons. The zero-order valence-electron chi connectivity index (χ0n) is 8.24. The van der Waals surface area contributed by atoms with E-state index in [9.17, 15) is 4.79 Å². The van der Waals surface area contributed by atoms with E-state index in [-0.39, 0.29) is 5.78 Å². The number of nitrogens with zero attached hydrogens (tertiary/aromatic N) is 1. The number of carbonyl (C=O) groups excluding carboxylic acids is 1. The van der Waals surface area contributed by atoms with Crippen LogP contribution in [0.15, 0.2) is 16.8 Å². The number of ketones is 1. The average Bonchev–Trinajstić information content (AvgIpc) is 2.76. The highest BCUT2D eigenvalue weighted by Crippen LogP contribution is 2.27. The zero-order valence-corrected chi connectivity index (χ0v) is 8.24. The molecule has 3 heteroatoms. The van der Waals surface area contributed by atoms with Crippen molar-refractivity contribution in [2.45, 2.75) is 38.5 Å². The first kappa shape index (κ1) is 9.44. The minimum absolute atomic E-state index is 0.286. The summed E-state index contributed by atoms with van der Waals surface area (Å²) in [6.45, 7) is 0. The molecule has 0 bridgehead atoms. The van der Waals surface area contributed by atoms with E-state index in [2.05, 4.69) is 5.16 Å². The Kier molecular flexibility index (Phi) is 2.96. The van der Waals surface area contributed by atoms with Crippen molar-refractivity contribution in [2.24, 2.45) is 5.92 Å². The molecule has 0 N–H and O–H groups in total. The average molecular weight is 193 g/mol. The standard InChI is InChI=1S/C11H15NO2/c13-10(7-9-3-1-2-4-9)8-11-5-6-12-14-11/h5-6,9H,1-4,7-8H2. The SMILES string of the molecule is O=C(Cc1ccno1)CC1CCCC1. The summed E-state index contributed by atoms with van der Waals surface area (Å²) in [5, 5.41) is 3.58. The summed E-state index contributed by atoms with van der Waals surface area (Å²) in [7, 11) is 0. The van der Waals surface area contributed by atoms with Crippen LogP contribution in [-0.4, -0.2) is 10.9 Å². The molecule has 1 aliphatic carbocycles. The first-order chi connectivity index (χ1) is 6.84. The number of carbonyl (C=O) groups is 1. The molecule has 14 heavy (non-hydrogen) atoms. The van der Waals surface area contributed by atoms with Crippen molar-refractivity contribution >= 4 is 5.78 Å². The predicted molar refractivity (Wildman–Crippen MR) is 51.8 cm³/mol. The van der Waals surface area contributed by atoms with Gasteiger partial charge in [0.15, 0.2) is 0 Å². The van der Waals surface area contributed by atoms with Crippen molar-refractivity contribution in [3.63, 3.8) is 0 Å². The van der Waals surface area contributed by atoms with E-state index in [0.29, 0.717) is 18.1 Å². The Morgan fingerprint density at radius 2 is 2.29 bits per heavy atom. The second-order valence-corrected chi connectivity index (χ2v) is 4.05. The maximum Gasteiger partial charge on any atom is 0.144 e. The minimum atomic E-state index is 0.286. The molecule has 1 heterocycles. The van der Waals surface area contributed by atoms with Crippen LogP contribution in [0.5, 0.6) is 0 Å². The molecule has 0 atom stereocenters. The molecule has 1 aliphatic rings. The van der Waals surface area contributed by atoms with Crippen molar-refractivity contribution < 1.29 is 9.32 Å². The van der Waals surface area contributed by atoms with Gasteiger partial charge in [0, 0.05) is 12.5 Å². The quantitative estimate of drug-likeness (QED) is 0.737. The molecule has 0 aromatic carbocycles. The molecule has 0 unspecified atom stereocenters. The van der Waals surface area contributed by atoms with Crippen LogP contribution in [0.3, 0.4) is 0 Å². The highest BCUT2D eigenvalue weighted by atomic mass is 16.5. The number of hydrogen-bond donors (Lipinski definition) is 0. The van der Waals surface area contributed by atoms with E-state index in [4.69, 9.17) is 4.52 Å².